The number of aromatic nitrogens is 6. The molecule has 5 rings (SSSR count). The van der Waals surface area contributed by atoms with E-state index in [-0.39, 0.29) is 5.82 Å². The van der Waals surface area contributed by atoms with Gasteiger partial charge in [-0.1, -0.05) is 29.5 Å². The second kappa shape index (κ2) is 6.77. The molecule has 0 N–H and O–H groups in total. The van der Waals surface area contributed by atoms with E-state index >= 15 is 0 Å². The Kier molecular flexibility index (Phi) is 4.08. The van der Waals surface area contributed by atoms with Crippen molar-refractivity contribution < 1.29 is 4.39 Å². The van der Waals surface area contributed by atoms with E-state index in [4.69, 9.17) is 0 Å². The van der Waals surface area contributed by atoms with Gasteiger partial charge in [-0.05, 0) is 18.6 Å². The third kappa shape index (κ3) is 3.14. The molecule has 144 valence electrons. The Morgan fingerprint density at radius 2 is 2.03 bits per heavy atom. The van der Waals surface area contributed by atoms with Crippen molar-refractivity contribution in [2.45, 2.75) is 19.9 Å². The molecule has 1 aliphatic rings. The van der Waals surface area contributed by atoms with Crippen molar-refractivity contribution in [2.24, 2.45) is 7.05 Å². The fraction of sp³-hybridized carbons (Fsp3) is 0.182. The summed E-state index contributed by atoms with van der Waals surface area (Å²) in [7, 11) is 1.89. The van der Waals surface area contributed by atoms with Gasteiger partial charge in [-0.15, -0.1) is 5.10 Å². The summed E-state index contributed by atoms with van der Waals surface area (Å²) in [6.45, 7) is 2.10. The van der Waals surface area contributed by atoms with E-state index in [1.807, 2.05) is 37.9 Å². The molecule has 0 bridgehead atoms. The van der Waals surface area contributed by atoms with Crippen LogP contribution in [0, 0.1) is 12.7 Å². The maximum Gasteiger partial charge on any atom is 0.131 e. The number of rotatable bonds is 4. The zero-order valence-corrected chi connectivity index (χ0v) is 16.2. The summed E-state index contributed by atoms with van der Waals surface area (Å²) in [5.41, 5.74) is 7.11. The molecule has 0 aliphatic heterocycles. The molecule has 6 nitrogen and oxygen atoms in total. The van der Waals surface area contributed by atoms with Crippen LogP contribution in [0.4, 0.5) is 4.39 Å². The SMILES string of the molecule is Cc1cccc(Cn2cc(C3=CCc4ncc(-c5cnn(C)c5)cc43)nn2)c1F. The van der Waals surface area contributed by atoms with Crippen LogP contribution in [0.3, 0.4) is 0 Å². The standard InChI is InChI=1S/C22H19FN6/c1-14-4-3-5-15(22(14)23)12-29-13-21(26-27-29)18-6-7-20-19(18)8-16(9-24-20)17-10-25-28(2)11-17/h3-6,8-11,13H,7,12H2,1-2H3. The van der Waals surface area contributed by atoms with Gasteiger partial charge in [0.1, 0.15) is 11.5 Å². The van der Waals surface area contributed by atoms with Gasteiger partial charge in [-0.3, -0.25) is 9.67 Å². The lowest BCUT2D eigenvalue weighted by Crippen LogP contribution is -2.03. The van der Waals surface area contributed by atoms with Gasteiger partial charge < -0.3 is 0 Å². The highest BCUT2D eigenvalue weighted by Gasteiger charge is 2.20. The van der Waals surface area contributed by atoms with E-state index in [9.17, 15) is 4.39 Å². The number of hydrogen-bond acceptors (Lipinski definition) is 4. The first-order valence-electron chi connectivity index (χ1n) is 9.41. The molecule has 4 aromatic rings. The lowest BCUT2D eigenvalue weighted by Gasteiger charge is -2.06. The van der Waals surface area contributed by atoms with Gasteiger partial charge in [-0.25, -0.2) is 9.07 Å². The van der Waals surface area contributed by atoms with Crippen LogP contribution in [0.2, 0.25) is 0 Å². The summed E-state index contributed by atoms with van der Waals surface area (Å²) in [6, 6.07) is 7.51. The molecule has 0 saturated carbocycles. The van der Waals surface area contributed by atoms with E-state index < -0.39 is 0 Å². The first kappa shape index (κ1) is 17.5. The molecule has 1 aliphatic carbocycles. The zero-order chi connectivity index (χ0) is 20.0. The second-order valence-corrected chi connectivity index (χ2v) is 7.29. The predicted molar refractivity (Wildman–Crippen MR) is 107 cm³/mol. The van der Waals surface area contributed by atoms with Crippen LogP contribution >= 0.6 is 0 Å². The van der Waals surface area contributed by atoms with Crippen LogP contribution in [-0.2, 0) is 20.0 Å². The lowest BCUT2D eigenvalue weighted by molar-refractivity contribution is 0.571. The molecule has 0 fully saturated rings. The average molecular weight is 386 g/mol. The molecule has 0 unspecified atom stereocenters. The summed E-state index contributed by atoms with van der Waals surface area (Å²) >= 11 is 0. The quantitative estimate of drug-likeness (QED) is 0.538. The smallest absolute Gasteiger partial charge is 0.131 e. The normalized spacial score (nSPS) is 12.9. The number of hydrogen-bond donors (Lipinski definition) is 0. The maximum absolute atomic E-state index is 14.3. The van der Waals surface area contributed by atoms with Crippen molar-refractivity contribution in [2.75, 3.05) is 0 Å². The van der Waals surface area contributed by atoms with Crippen LogP contribution in [0.25, 0.3) is 16.7 Å². The Balaban J connectivity index is 1.45. The van der Waals surface area contributed by atoms with E-state index in [1.165, 1.54) is 0 Å². The number of allylic oxidation sites excluding steroid dienone is 1. The molecule has 29 heavy (non-hydrogen) atoms. The highest BCUT2D eigenvalue weighted by Crippen LogP contribution is 2.33. The molecule has 0 atom stereocenters. The summed E-state index contributed by atoms with van der Waals surface area (Å²) < 4.78 is 17.8. The number of aryl methyl sites for hydroxylation is 2. The molecule has 0 saturated heterocycles. The van der Waals surface area contributed by atoms with Crippen molar-refractivity contribution in [1.29, 1.82) is 0 Å². The molecule has 1 aromatic carbocycles. The van der Waals surface area contributed by atoms with Crippen LogP contribution in [0.5, 0.6) is 0 Å². The summed E-state index contributed by atoms with van der Waals surface area (Å²) in [5, 5.41) is 12.8. The van der Waals surface area contributed by atoms with Crippen molar-refractivity contribution >= 4 is 5.57 Å². The largest absolute Gasteiger partial charge is 0.275 e. The Bertz CT molecular complexity index is 1250. The van der Waals surface area contributed by atoms with Crippen LogP contribution in [-0.4, -0.2) is 29.8 Å². The number of fused-ring (bicyclic) bond motifs is 1. The van der Waals surface area contributed by atoms with Crippen molar-refractivity contribution in [3.05, 3.63) is 89.0 Å². The third-order valence-electron chi connectivity index (χ3n) is 5.22. The van der Waals surface area contributed by atoms with E-state index in [1.54, 1.807) is 28.4 Å². The number of pyridine rings is 1. The van der Waals surface area contributed by atoms with Gasteiger partial charge in [-0.2, -0.15) is 5.10 Å². The highest BCUT2D eigenvalue weighted by atomic mass is 19.1. The molecular weight excluding hydrogens is 367 g/mol. The Hall–Kier alpha value is -3.61. The number of benzene rings is 1. The van der Waals surface area contributed by atoms with Crippen molar-refractivity contribution in [3.8, 4) is 11.1 Å². The fourth-order valence-electron chi connectivity index (χ4n) is 3.67. The molecule has 0 amide bonds. The van der Waals surface area contributed by atoms with Crippen molar-refractivity contribution in [3.63, 3.8) is 0 Å². The lowest BCUT2D eigenvalue weighted by atomic mass is 10.0. The highest BCUT2D eigenvalue weighted by molar-refractivity contribution is 5.84. The molecule has 3 aromatic heterocycles. The zero-order valence-electron chi connectivity index (χ0n) is 16.2. The summed E-state index contributed by atoms with van der Waals surface area (Å²) in [6.07, 6.45) is 10.4. The minimum Gasteiger partial charge on any atom is -0.275 e. The maximum atomic E-state index is 14.3. The summed E-state index contributed by atoms with van der Waals surface area (Å²) in [4.78, 5) is 4.62. The first-order chi connectivity index (χ1) is 14.1. The average Bonchev–Trinajstić information content (AvgIpc) is 3.44. The van der Waals surface area contributed by atoms with E-state index in [2.05, 4.69) is 32.5 Å². The minimum atomic E-state index is -0.194. The molecule has 7 heteroatoms. The Morgan fingerprint density at radius 1 is 1.14 bits per heavy atom. The fourth-order valence-corrected chi connectivity index (χ4v) is 3.67. The Morgan fingerprint density at radius 3 is 2.86 bits per heavy atom. The van der Waals surface area contributed by atoms with Gasteiger partial charge in [0, 0.05) is 53.7 Å². The van der Waals surface area contributed by atoms with Gasteiger partial charge in [0.15, 0.2) is 0 Å². The first-order valence-corrected chi connectivity index (χ1v) is 9.41. The minimum absolute atomic E-state index is 0.194. The van der Waals surface area contributed by atoms with E-state index in [0.717, 1.165) is 40.1 Å². The molecule has 0 radical (unpaired) electrons. The van der Waals surface area contributed by atoms with Crippen LogP contribution in [0.15, 0.2) is 55.1 Å². The summed E-state index contributed by atoms with van der Waals surface area (Å²) in [5.74, 6) is -0.194. The Labute approximate surface area is 167 Å². The van der Waals surface area contributed by atoms with Gasteiger partial charge in [0.25, 0.3) is 0 Å². The monoisotopic (exact) mass is 386 g/mol. The molecular formula is C22H19FN6. The van der Waals surface area contributed by atoms with Crippen LogP contribution < -0.4 is 0 Å². The van der Waals surface area contributed by atoms with Gasteiger partial charge >= 0.3 is 0 Å². The topological polar surface area (TPSA) is 61.4 Å². The molecule has 3 heterocycles. The second-order valence-electron chi connectivity index (χ2n) is 7.29. The van der Waals surface area contributed by atoms with Crippen LogP contribution in [0.1, 0.15) is 28.1 Å². The van der Waals surface area contributed by atoms with Crippen molar-refractivity contribution in [1.82, 2.24) is 29.8 Å². The van der Waals surface area contributed by atoms with Gasteiger partial charge in [0.05, 0.1) is 24.6 Å². The number of halogens is 1. The third-order valence-corrected chi connectivity index (χ3v) is 5.22. The predicted octanol–water partition coefficient (Wildman–Crippen LogP) is 3.56. The van der Waals surface area contributed by atoms with Gasteiger partial charge in [0.2, 0.25) is 0 Å². The van der Waals surface area contributed by atoms with E-state index in [0.29, 0.717) is 17.7 Å². The molecule has 0 spiro atoms. The number of nitrogens with zero attached hydrogens (tertiary/aromatic N) is 6.